The number of carbonyl (C=O) groups excluding carboxylic acids is 1. The van der Waals surface area contributed by atoms with Gasteiger partial charge in [-0.3, -0.25) is 14.2 Å². The molecule has 1 amide bonds. The van der Waals surface area contributed by atoms with Gasteiger partial charge in [0.25, 0.3) is 11.5 Å². The molecule has 37 heavy (non-hydrogen) atoms. The lowest BCUT2D eigenvalue weighted by Gasteiger charge is -2.32. The van der Waals surface area contributed by atoms with E-state index in [-0.39, 0.29) is 23.5 Å². The Morgan fingerprint density at radius 1 is 1.11 bits per heavy atom. The van der Waals surface area contributed by atoms with Gasteiger partial charge in [0.1, 0.15) is 23.0 Å². The predicted octanol–water partition coefficient (Wildman–Crippen LogP) is 3.52. The van der Waals surface area contributed by atoms with Crippen molar-refractivity contribution in [1.29, 1.82) is 0 Å². The van der Waals surface area contributed by atoms with Gasteiger partial charge in [0, 0.05) is 13.6 Å². The molecular formula is C26H25ClN8O2. The SMILES string of the molecule is Cc1cccc(-n2c(C3CCCN3c3nc(N)nc4c3C(=O)N(C)CN4)nc3cccc(Cl)c3c2=O)c1. The number of nitrogen functional groups attached to an aromatic ring is 1. The standard InChI is InChI=1S/C26H25ClN8O2/c1-14-6-3-7-15(12-14)35-22(30-17-9-4-8-16(27)19(17)25(35)37)18-10-5-11-34(18)23-20-21(31-26(28)32-23)29-13-33(2)24(20)36/h3-4,6-9,12,18H,5,10-11,13H2,1-2H3,(H3,28,29,31,32). The number of aryl methyl sites for hydroxylation is 1. The van der Waals surface area contributed by atoms with E-state index in [2.05, 4.69) is 15.3 Å². The lowest BCUT2D eigenvalue weighted by Crippen LogP contribution is -2.40. The molecule has 0 saturated carbocycles. The smallest absolute Gasteiger partial charge is 0.267 e. The molecule has 4 heterocycles. The molecular weight excluding hydrogens is 492 g/mol. The van der Waals surface area contributed by atoms with Crippen LogP contribution in [0.2, 0.25) is 5.02 Å². The second-order valence-electron chi connectivity index (χ2n) is 9.40. The zero-order valence-corrected chi connectivity index (χ0v) is 21.2. The number of nitrogens with two attached hydrogens (primary N) is 1. The molecule has 1 fully saturated rings. The van der Waals surface area contributed by atoms with Crippen molar-refractivity contribution in [2.24, 2.45) is 0 Å². The van der Waals surface area contributed by atoms with E-state index in [1.54, 1.807) is 34.7 Å². The summed E-state index contributed by atoms with van der Waals surface area (Å²) in [6.07, 6.45) is 1.53. The number of anilines is 3. The van der Waals surface area contributed by atoms with Crippen LogP contribution in [-0.2, 0) is 0 Å². The van der Waals surface area contributed by atoms with Gasteiger partial charge in [-0.1, -0.05) is 29.8 Å². The summed E-state index contributed by atoms with van der Waals surface area (Å²) in [5.74, 6) is 1.27. The molecule has 1 saturated heterocycles. The molecule has 2 aliphatic heterocycles. The maximum absolute atomic E-state index is 14.0. The van der Waals surface area contributed by atoms with E-state index in [0.29, 0.717) is 64.3 Å². The van der Waals surface area contributed by atoms with E-state index in [0.717, 1.165) is 12.0 Å². The van der Waals surface area contributed by atoms with Crippen molar-refractivity contribution in [2.45, 2.75) is 25.8 Å². The molecule has 4 aromatic rings. The first-order valence-electron chi connectivity index (χ1n) is 12.0. The van der Waals surface area contributed by atoms with Crippen molar-refractivity contribution in [1.82, 2.24) is 24.4 Å². The van der Waals surface area contributed by atoms with Crippen LogP contribution in [0.3, 0.4) is 0 Å². The Bertz CT molecular complexity index is 1640. The Balaban J connectivity index is 1.60. The molecule has 1 unspecified atom stereocenters. The van der Waals surface area contributed by atoms with E-state index in [1.165, 1.54) is 0 Å². The summed E-state index contributed by atoms with van der Waals surface area (Å²) in [5, 5.41) is 3.86. The summed E-state index contributed by atoms with van der Waals surface area (Å²) in [6.45, 7) is 2.91. The lowest BCUT2D eigenvalue weighted by molar-refractivity contribution is 0.0796. The monoisotopic (exact) mass is 516 g/mol. The average Bonchev–Trinajstić information content (AvgIpc) is 3.35. The topological polar surface area (TPSA) is 122 Å². The van der Waals surface area contributed by atoms with Crippen molar-refractivity contribution in [2.75, 3.05) is 36.2 Å². The van der Waals surface area contributed by atoms with Gasteiger partial charge in [-0.25, -0.2) is 4.98 Å². The molecule has 3 N–H and O–H groups in total. The third-order valence-electron chi connectivity index (χ3n) is 6.91. The molecule has 1 atom stereocenters. The van der Waals surface area contributed by atoms with E-state index in [9.17, 15) is 9.59 Å². The summed E-state index contributed by atoms with van der Waals surface area (Å²) in [7, 11) is 1.71. The van der Waals surface area contributed by atoms with Gasteiger partial charge in [-0.2, -0.15) is 9.97 Å². The zero-order chi connectivity index (χ0) is 25.8. The third kappa shape index (κ3) is 3.75. The highest BCUT2D eigenvalue weighted by molar-refractivity contribution is 6.35. The van der Waals surface area contributed by atoms with E-state index < -0.39 is 0 Å². The van der Waals surface area contributed by atoms with E-state index >= 15 is 0 Å². The van der Waals surface area contributed by atoms with Crippen LogP contribution in [0.1, 0.15) is 40.6 Å². The largest absolute Gasteiger partial charge is 0.368 e. The molecule has 2 aromatic carbocycles. The number of benzene rings is 2. The number of fused-ring (bicyclic) bond motifs is 2. The molecule has 6 rings (SSSR count). The number of hydrogen-bond donors (Lipinski definition) is 2. The van der Waals surface area contributed by atoms with Crippen molar-refractivity contribution in [3.05, 3.63) is 74.8 Å². The minimum atomic E-state index is -0.338. The number of nitrogens with one attached hydrogen (secondary N) is 1. The van der Waals surface area contributed by atoms with Gasteiger partial charge in [-0.05, 0) is 49.6 Å². The number of hydrogen-bond acceptors (Lipinski definition) is 8. The van der Waals surface area contributed by atoms with Crippen LogP contribution in [0.5, 0.6) is 0 Å². The number of amides is 1. The molecule has 10 nitrogen and oxygen atoms in total. The lowest BCUT2D eigenvalue weighted by atomic mass is 10.1. The predicted molar refractivity (Wildman–Crippen MR) is 143 cm³/mol. The molecule has 2 aromatic heterocycles. The van der Waals surface area contributed by atoms with Gasteiger partial charge in [0.2, 0.25) is 5.95 Å². The first-order chi connectivity index (χ1) is 17.8. The molecule has 0 radical (unpaired) electrons. The first kappa shape index (κ1) is 23.2. The number of carbonyl (C=O) groups is 1. The quantitative estimate of drug-likeness (QED) is 0.424. The molecule has 0 aliphatic carbocycles. The van der Waals surface area contributed by atoms with Gasteiger partial charge < -0.3 is 20.9 Å². The Morgan fingerprint density at radius 2 is 1.92 bits per heavy atom. The number of nitrogens with zero attached hydrogens (tertiary/aromatic N) is 6. The number of halogens is 1. The Labute approximate surface area is 217 Å². The van der Waals surface area contributed by atoms with Gasteiger partial charge in [-0.15, -0.1) is 0 Å². The number of aromatic nitrogens is 4. The molecule has 11 heteroatoms. The van der Waals surface area contributed by atoms with Crippen molar-refractivity contribution in [3.63, 3.8) is 0 Å². The Kier molecular flexibility index (Phi) is 5.49. The fourth-order valence-corrected chi connectivity index (χ4v) is 5.44. The normalized spacial score (nSPS) is 17.3. The number of rotatable bonds is 3. The highest BCUT2D eigenvalue weighted by atomic mass is 35.5. The van der Waals surface area contributed by atoms with Crippen LogP contribution in [0.4, 0.5) is 17.6 Å². The maximum atomic E-state index is 14.0. The van der Waals surface area contributed by atoms with Crippen molar-refractivity contribution in [3.8, 4) is 5.69 Å². The summed E-state index contributed by atoms with van der Waals surface area (Å²) < 4.78 is 1.63. The minimum Gasteiger partial charge on any atom is -0.368 e. The molecule has 2 aliphatic rings. The van der Waals surface area contributed by atoms with Gasteiger partial charge in [0.05, 0.1) is 34.3 Å². The fourth-order valence-electron chi connectivity index (χ4n) is 5.19. The molecule has 0 spiro atoms. The van der Waals surface area contributed by atoms with Crippen LogP contribution in [0.25, 0.3) is 16.6 Å². The van der Waals surface area contributed by atoms with E-state index in [1.807, 2.05) is 36.1 Å². The van der Waals surface area contributed by atoms with Crippen molar-refractivity contribution < 1.29 is 4.79 Å². The summed E-state index contributed by atoms with van der Waals surface area (Å²) in [6, 6.07) is 12.6. The zero-order valence-electron chi connectivity index (χ0n) is 20.4. The van der Waals surface area contributed by atoms with Gasteiger partial charge in [0.15, 0.2) is 0 Å². The fraction of sp³-hybridized carbons (Fsp3) is 0.269. The Hall–Kier alpha value is -4.18. The minimum absolute atomic E-state index is 0.0681. The molecule has 188 valence electrons. The van der Waals surface area contributed by atoms with Crippen LogP contribution in [-0.4, -0.2) is 50.6 Å². The van der Waals surface area contributed by atoms with Crippen LogP contribution in [0.15, 0.2) is 47.3 Å². The second kappa shape index (κ2) is 8.74. The van der Waals surface area contributed by atoms with Gasteiger partial charge >= 0.3 is 0 Å². The summed E-state index contributed by atoms with van der Waals surface area (Å²) in [5.41, 5.74) is 8.41. The first-order valence-corrected chi connectivity index (χ1v) is 12.4. The van der Waals surface area contributed by atoms with Crippen LogP contribution in [0, 0.1) is 6.92 Å². The average molecular weight is 517 g/mol. The third-order valence-corrected chi connectivity index (χ3v) is 7.22. The molecule has 0 bridgehead atoms. The second-order valence-corrected chi connectivity index (χ2v) is 9.81. The highest BCUT2D eigenvalue weighted by Gasteiger charge is 2.37. The Morgan fingerprint density at radius 3 is 2.73 bits per heavy atom. The summed E-state index contributed by atoms with van der Waals surface area (Å²) in [4.78, 5) is 44.5. The van der Waals surface area contributed by atoms with E-state index in [4.69, 9.17) is 22.3 Å². The summed E-state index contributed by atoms with van der Waals surface area (Å²) >= 11 is 6.47. The highest BCUT2D eigenvalue weighted by Crippen LogP contribution is 2.40. The van der Waals surface area contributed by atoms with Crippen molar-refractivity contribution >= 4 is 46.0 Å². The maximum Gasteiger partial charge on any atom is 0.267 e. The van der Waals surface area contributed by atoms with Crippen LogP contribution < -0.4 is 21.5 Å². The van der Waals surface area contributed by atoms with Crippen LogP contribution >= 0.6 is 11.6 Å².